The summed E-state index contributed by atoms with van der Waals surface area (Å²) >= 11 is 6.25. The monoisotopic (exact) mass is 303 g/mol. The van der Waals surface area contributed by atoms with Gasteiger partial charge in [0.2, 0.25) is 0 Å². The molecule has 0 aliphatic rings. The van der Waals surface area contributed by atoms with Gasteiger partial charge in [-0.25, -0.2) is 14.4 Å². The Morgan fingerprint density at radius 3 is 2.62 bits per heavy atom. The summed E-state index contributed by atoms with van der Waals surface area (Å²) in [5.74, 6) is 0.534. The molecule has 0 radical (unpaired) electrons. The summed E-state index contributed by atoms with van der Waals surface area (Å²) in [5, 5.41) is -0.223. The zero-order chi connectivity index (χ0) is 15.0. The van der Waals surface area contributed by atoms with Crippen molar-refractivity contribution in [2.45, 2.75) is 25.8 Å². The first-order valence-electron chi connectivity index (χ1n) is 6.76. The van der Waals surface area contributed by atoms with Crippen LogP contribution in [-0.2, 0) is 6.54 Å². The molecule has 0 bridgehead atoms. The Kier molecular flexibility index (Phi) is 3.64. The highest BCUT2D eigenvalue weighted by atomic mass is 35.5. The Morgan fingerprint density at radius 1 is 1.24 bits per heavy atom. The predicted octanol–water partition coefficient (Wildman–Crippen LogP) is 4.23. The molecule has 1 unspecified atom stereocenters. The van der Waals surface area contributed by atoms with Crippen LogP contribution in [0.1, 0.15) is 29.3 Å². The number of hydrogen-bond donors (Lipinski definition) is 0. The molecular formula is C16H15ClFN3. The van der Waals surface area contributed by atoms with Gasteiger partial charge in [-0.1, -0.05) is 12.1 Å². The highest BCUT2D eigenvalue weighted by Gasteiger charge is 2.17. The van der Waals surface area contributed by atoms with Gasteiger partial charge < -0.3 is 4.57 Å². The van der Waals surface area contributed by atoms with Crippen LogP contribution in [0, 0.1) is 12.7 Å². The van der Waals surface area contributed by atoms with Crippen LogP contribution in [0.2, 0.25) is 0 Å². The van der Waals surface area contributed by atoms with Gasteiger partial charge in [0.25, 0.3) is 0 Å². The molecule has 0 aliphatic heterocycles. The molecule has 0 amide bonds. The SMILES string of the molecule is Cc1ccnc2c1nc(C(C)Cl)n2Cc1ccc(F)cc1. The largest absolute Gasteiger partial charge is 0.307 e. The standard InChI is InChI=1S/C16H15ClFN3/c1-10-7-8-19-16-14(10)20-15(11(2)17)21(16)9-12-3-5-13(18)6-4-12/h3-8,11H,9H2,1-2H3. The third-order valence-corrected chi connectivity index (χ3v) is 3.67. The van der Waals surface area contributed by atoms with Crippen molar-refractivity contribution in [3.8, 4) is 0 Å². The second-order valence-electron chi connectivity index (χ2n) is 5.10. The fourth-order valence-corrected chi connectivity index (χ4v) is 2.55. The summed E-state index contributed by atoms with van der Waals surface area (Å²) < 4.78 is 15.0. The van der Waals surface area contributed by atoms with Crippen molar-refractivity contribution in [1.29, 1.82) is 0 Å². The van der Waals surface area contributed by atoms with Crippen LogP contribution in [0.3, 0.4) is 0 Å². The van der Waals surface area contributed by atoms with Crippen LogP contribution in [0.4, 0.5) is 4.39 Å². The van der Waals surface area contributed by atoms with E-state index >= 15 is 0 Å². The Bertz CT molecular complexity index is 778. The molecule has 5 heteroatoms. The number of pyridine rings is 1. The number of alkyl halides is 1. The van der Waals surface area contributed by atoms with E-state index in [9.17, 15) is 4.39 Å². The summed E-state index contributed by atoms with van der Waals surface area (Å²) in [7, 11) is 0. The summed E-state index contributed by atoms with van der Waals surface area (Å²) in [6.45, 7) is 4.46. The number of rotatable bonds is 3. The van der Waals surface area contributed by atoms with E-state index in [4.69, 9.17) is 11.6 Å². The van der Waals surface area contributed by atoms with Crippen molar-refractivity contribution < 1.29 is 4.39 Å². The lowest BCUT2D eigenvalue weighted by Crippen LogP contribution is -2.06. The Balaban J connectivity index is 2.13. The second kappa shape index (κ2) is 5.45. The average Bonchev–Trinajstić information content (AvgIpc) is 2.82. The maximum absolute atomic E-state index is 13.0. The van der Waals surface area contributed by atoms with Crippen LogP contribution in [0.5, 0.6) is 0 Å². The predicted molar refractivity (Wildman–Crippen MR) is 82.0 cm³/mol. The Labute approximate surface area is 127 Å². The van der Waals surface area contributed by atoms with E-state index in [2.05, 4.69) is 9.97 Å². The minimum Gasteiger partial charge on any atom is -0.307 e. The van der Waals surface area contributed by atoms with E-state index < -0.39 is 0 Å². The number of halogens is 2. The fourth-order valence-electron chi connectivity index (χ4n) is 2.39. The van der Waals surface area contributed by atoms with Crippen molar-refractivity contribution in [3.63, 3.8) is 0 Å². The molecule has 0 aliphatic carbocycles. The van der Waals surface area contributed by atoms with Gasteiger partial charge in [-0.2, -0.15) is 0 Å². The van der Waals surface area contributed by atoms with E-state index in [0.717, 1.165) is 28.1 Å². The zero-order valence-corrected chi connectivity index (χ0v) is 12.6. The van der Waals surface area contributed by atoms with E-state index in [1.165, 1.54) is 12.1 Å². The molecule has 0 N–H and O–H groups in total. The molecule has 21 heavy (non-hydrogen) atoms. The first-order valence-corrected chi connectivity index (χ1v) is 7.20. The molecule has 0 fully saturated rings. The molecule has 0 spiro atoms. The molecule has 0 saturated heterocycles. The number of nitrogens with zero attached hydrogens (tertiary/aromatic N) is 3. The van der Waals surface area contributed by atoms with Crippen LogP contribution < -0.4 is 0 Å². The number of aryl methyl sites for hydroxylation is 1. The van der Waals surface area contributed by atoms with Gasteiger partial charge in [0, 0.05) is 6.20 Å². The van der Waals surface area contributed by atoms with Crippen molar-refractivity contribution in [3.05, 3.63) is 59.3 Å². The zero-order valence-electron chi connectivity index (χ0n) is 11.8. The van der Waals surface area contributed by atoms with Gasteiger partial charge in [-0.15, -0.1) is 11.6 Å². The van der Waals surface area contributed by atoms with E-state index in [0.29, 0.717) is 6.54 Å². The number of imidazole rings is 1. The summed E-state index contributed by atoms with van der Waals surface area (Å²) in [5.41, 5.74) is 3.72. The van der Waals surface area contributed by atoms with Gasteiger partial charge in [-0.3, -0.25) is 0 Å². The van der Waals surface area contributed by atoms with Crippen molar-refractivity contribution >= 4 is 22.8 Å². The third-order valence-electron chi connectivity index (χ3n) is 3.47. The summed E-state index contributed by atoms with van der Waals surface area (Å²) in [6, 6.07) is 8.37. The number of aromatic nitrogens is 3. The lowest BCUT2D eigenvalue weighted by molar-refractivity contribution is 0.626. The minimum atomic E-state index is -0.242. The van der Waals surface area contributed by atoms with Gasteiger partial charge in [-0.05, 0) is 43.2 Å². The van der Waals surface area contributed by atoms with Gasteiger partial charge in [0.05, 0.1) is 11.9 Å². The molecule has 2 heterocycles. The van der Waals surface area contributed by atoms with Crippen LogP contribution >= 0.6 is 11.6 Å². The first kappa shape index (κ1) is 14.0. The van der Waals surface area contributed by atoms with E-state index in [-0.39, 0.29) is 11.2 Å². The maximum Gasteiger partial charge on any atom is 0.160 e. The molecule has 3 rings (SSSR count). The molecule has 1 atom stereocenters. The van der Waals surface area contributed by atoms with Crippen molar-refractivity contribution in [1.82, 2.24) is 14.5 Å². The van der Waals surface area contributed by atoms with Crippen molar-refractivity contribution in [2.75, 3.05) is 0 Å². The molecular weight excluding hydrogens is 289 g/mol. The quantitative estimate of drug-likeness (QED) is 0.678. The molecule has 0 saturated carbocycles. The van der Waals surface area contributed by atoms with Crippen LogP contribution in [-0.4, -0.2) is 14.5 Å². The highest BCUT2D eigenvalue weighted by molar-refractivity contribution is 6.20. The average molecular weight is 304 g/mol. The minimum absolute atomic E-state index is 0.223. The molecule has 3 aromatic rings. The van der Waals surface area contributed by atoms with Gasteiger partial charge in [0.15, 0.2) is 5.65 Å². The Morgan fingerprint density at radius 2 is 1.95 bits per heavy atom. The van der Waals surface area contributed by atoms with Gasteiger partial charge >= 0.3 is 0 Å². The molecule has 1 aromatic carbocycles. The van der Waals surface area contributed by atoms with Crippen LogP contribution in [0.15, 0.2) is 36.5 Å². The highest BCUT2D eigenvalue weighted by Crippen LogP contribution is 2.26. The lowest BCUT2D eigenvalue weighted by atomic mass is 10.2. The number of fused-ring (bicyclic) bond motifs is 1. The molecule has 2 aromatic heterocycles. The molecule has 108 valence electrons. The first-order chi connectivity index (χ1) is 10.1. The Hall–Kier alpha value is -1.94. The summed E-state index contributed by atoms with van der Waals surface area (Å²) in [4.78, 5) is 9.05. The lowest BCUT2D eigenvalue weighted by Gasteiger charge is -2.10. The summed E-state index contributed by atoms with van der Waals surface area (Å²) in [6.07, 6.45) is 1.77. The fraction of sp³-hybridized carbons (Fsp3) is 0.250. The molecule has 3 nitrogen and oxygen atoms in total. The number of benzene rings is 1. The van der Waals surface area contributed by atoms with E-state index in [1.807, 2.05) is 24.5 Å². The van der Waals surface area contributed by atoms with Gasteiger partial charge in [0.1, 0.15) is 17.2 Å². The van der Waals surface area contributed by atoms with Crippen LogP contribution in [0.25, 0.3) is 11.2 Å². The smallest absolute Gasteiger partial charge is 0.160 e. The third kappa shape index (κ3) is 2.63. The maximum atomic E-state index is 13.0. The topological polar surface area (TPSA) is 30.7 Å². The number of hydrogen-bond acceptors (Lipinski definition) is 2. The van der Waals surface area contributed by atoms with E-state index in [1.54, 1.807) is 18.3 Å². The normalized spacial score (nSPS) is 12.8. The second-order valence-corrected chi connectivity index (χ2v) is 5.75. The van der Waals surface area contributed by atoms with Crippen molar-refractivity contribution in [2.24, 2.45) is 0 Å².